The van der Waals surface area contributed by atoms with Gasteiger partial charge in [0.05, 0.1) is 0 Å². The molecule has 1 unspecified atom stereocenters. The van der Waals surface area contributed by atoms with E-state index in [0.717, 1.165) is 0 Å². The minimum Gasteiger partial charge on any atom is -0.326 e. The lowest BCUT2D eigenvalue weighted by molar-refractivity contribution is 1.06. The maximum absolute atomic E-state index is 5.59. The van der Waals surface area contributed by atoms with Gasteiger partial charge >= 0.3 is 0 Å². The van der Waals surface area contributed by atoms with E-state index in [0.29, 0.717) is 11.8 Å². The third-order valence-corrected chi connectivity index (χ3v) is 3.91. The second kappa shape index (κ2) is 5.89. The third kappa shape index (κ3) is 3.35. The van der Waals surface area contributed by atoms with Crippen LogP contribution >= 0.6 is 11.8 Å². The zero-order valence-electron chi connectivity index (χ0n) is 9.97. The summed E-state index contributed by atoms with van der Waals surface area (Å²) in [5.41, 5.74) is 8.13. The van der Waals surface area contributed by atoms with Crippen LogP contribution in [0.5, 0.6) is 0 Å². The van der Waals surface area contributed by atoms with E-state index in [1.165, 1.54) is 16.0 Å². The third-order valence-electron chi connectivity index (χ3n) is 2.74. The summed E-state index contributed by atoms with van der Waals surface area (Å²) in [6.45, 7) is 2.84. The molecule has 2 rings (SSSR count). The molecule has 2 aromatic rings. The Bertz CT molecular complexity index is 450. The SMILES string of the molecule is CC(Sc1ccc(CN)cc1)c1ccccc1. The van der Waals surface area contributed by atoms with Crippen LogP contribution in [0.3, 0.4) is 0 Å². The van der Waals surface area contributed by atoms with Gasteiger partial charge in [-0.2, -0.15) is 0 Å². The summed E-state index contributed by atoms with van der Waals surface area (Å²) < 4.78 is 0. The van der Waals surface area contributed by atoms with Crippen LogP contribution in [-0.4, -0.2) is 0 Å². The van der Waals surface area contributed by atoms with Crippen molar-refractivity contribution >= 4 is 11.8 Å². The van der Waals surface area contributed by atoms with E-state index in [1.807, 2.05) is 11.8 Å². The molecule has 0 aliphatic rings. The normalized spacial score (nSPS) is 12.4. The van der Waals surface area contributed by atoms with Crippen molar-refractivity contribution in [1.29, 1.82) is 0 Å². The highest BCUT2D eigenvalue weighted by Gasteiger charge is 2.06. The van der Waals surface area contributed by atoms with E-state index < -0.39 is 0 Å². The molecule has 2 N–H and O–H groups in total. The fourth-order valence-corrected chi connectivity index (χ4v) is 2.70. The summed E-state index contributed by atoms with van der Waals surface area (Å²) in [6, 6.07) is 19.1. The smallest absolute Gasteiger partial charge is 0.0316 e. The highest BCUT2D eigenvalue weighted by molar-refractivity contribution is 7.99. The molecule has 0 fully saturated rings. The molecule has 17 heavy (non-hydrogen) atoms. The molecule has 0 saturated heterocycles. The minimum absolute atomic E-state index is 0.472. The predicted octanol–water partition coefficient (Wildman–Crippen LogP) is 4.00. The van der Waals surface area contributed by atoms with E-state index in [-0.39, 0.29) is 0 Å². The van der Waals surface area contributed by atoms with Crippen molar-refractivity contribution in [2.45, 2.75) is 23.6 Å². The molecule has 0 aliphatic carbocycles. The van der Waals surface area contributed by atoms with Gasteiger partial charge in [-0.3, -0.25) is 0 Å². The Labute approximate surface area is 107 Å². The highest BCUT2D eigenvalue weighted by Crippen LogP contribution is 2.34. The van der Waals surface area contributed by atoms with Crippen LogP contribution in [0.15, 0.2) is 59.5 Å². The number of benzene rings is 2. The topological polar surface area (TPSA) is 26.0 Å². The first kappa shape index (κ1) is 12.2. The zero-order chi connectivity index (χ0) is 12.1. The zero-order valence-corrected chi connectivity index (χ0v) is 10.8. The lowest BCUT2D eigenvalue weighted by Crippen LogP contribution is -1.95. The summed E-state index contributed by atoms with van der Waals surface area (Å²) in [7, 11) is 0. The van der Waals surface area contributed by atoms with Gasteiger partial charge in [-0.15, -0.1) is 11.8 Å². The van der Waals surface area contributed by atoms with Crippen LogP contribution in [0.2, 0.25) is 0 Å². The maximum Gasteiger partial charge on any atom is 0.0316 e. The molecular formula is C15H17NS. The van der Waals surface area contributed by atoms with E-state index in [1.54, 1.807) is 0 Å². The standard InChI is InChI=1S/C15H17NS/c1-12(14-5-3-2-4-6-14)17-15-9-7-13(11-16)8-10-15/h2-10,12H,11,16H2,1H3. The van der Waals surface area contributed by atoms with Crippen molar-refractivity contribution in [3.05, 3.63) is 65.7 Å². The predicted molar refractivity (Wildman–Crippen MR) is 75.0 cm³/mol. The first-order valence-corrected chi connectivity index (χ1v) is 6.68. The minimum atomic E-state index is 0.472. The quantitative estimate of drug-likeness (QED) is 0.821. The van der Waals surface area contributed by atoms with Gasteiger partial charge in [0.25, 0.3) is 0 Å². The number of nitrogens with two attached hydrogens (primary N) is 1. The Morgan fingerprint density at radius 1 is 1.00 bits per heavy atom. The van der Waals surface area contributed by atoms with Crippen LogP contribution in [0, 0.1) is 0 Å². The van der Waals surface area contributed by atoms with Crippen LogP contribution in [-0.2, 0) is 6.54 Å². The van der Waals surface area contributed by atoms with Gasteiger partial charge in [-0.25, -0.2) is 0 Å². The summed E-state index contributed by atoms with van der Waals surface area (Å²) in [6.07, 6.45) is 0. The Kier molecular flexibility index (Phi) is 4.24. The van der Waals surface area contributed by atoms with Gasteiger partial charge < -0.3 is 5.73 Å². The van der Waals surface area contributed by atoms with Crippen molar-refractivity contribution < 1.29 is 0 Å². The molecule has 2 heteroatoms. The van der Waals surface area contributed by atoms with Crippen molar-refractivity contribution in [3.8, 4) is 0 Å². The van der Waals surface area contributed by atoms with Gasteiger partial charge in [0.2, 0.25) is 0 Å². The second-order valence-corrected chi connectivity index (χ2v) is 5.43. The van der Waals surface area contributed by atoms with E-state index in [9.17, 15) is 0 Å². The maximum atomic E-state index is 5.59. The number of rotatable bonds is 4. The molecule has 0 amide bonds. The summed E-state index contributed by atoms with van der Waals surface area (Å²) in [5, 5.41) is 0.472. The van der Waals surface area contributed by atoms with Crippen LogP contribution < -0.4 is 5.73 Å². The van der Waals surface area contributed by atoms with Crippen molar-refractivity contribution in [3.63, 3.8) is 0 Å². The number of hydrogen-bond acceptors (Lipinski definition) is 2. The summed E-state index contributed by atoms with van der Waals surface area (Å²) >= 11 is 1.88. The Hall–Kier alpha value is -1.25. The second-order valence-electron chi connectivity index (χ2n) is 4.02. The van der Waals surface area contributed by atoms with Crippen LogP contribution in [0.25, 0.3) is 0 Å². The lowest BCUT2D eigenvalue weighted by atomic mass is 10.2. The molecule has 88 valence electrons. The highest BCUT2D eigenvalue weighted by atomic mass is 32.2. The van der Waals surface area contributed by atoms with Gasteiger partial charge in [-0.1, -0.05) is 42.5 Å². The molecule has 0 heterocycles. The Morgan fingerprint density at radius 3 is 2.24 bits per heavy atom. The fraction of sp³-hybridized carbons (Fsp3) is 0.200. The molecular weight excluding hydrogens is 226 g/mol. The summed E-state index contributed by atoms with van der Waals surface area (Å²) in [5.74, 6) is 0. The molecule has 0 saturated carbocycles. The number of hydrogen-bond donors (Lipinski definition) is 1. The monoisotopic (exact) mass is 243 g/mol. The van der Waals surface area contributed by atoms with Crippen molar-refractivity contribution in [1.82, 2.24) is 0 Å². The van der Waals surface area contributed by atoms with Gasteiger partial charge in [0.15, 0.2) is 0 Å². The molecule has 0 radical (unpaired) electrons. The fourth-order valence-electron chi connectivity index (χ4n) is 1.70. The molecule has 1 nitrogen and oxygen atoms in total. The van der Waals surface area contributed by atoms with Gasteiger partial charge in [0, 0.05) is 16.7 Å². The molecule has 1 atom stereocenters. The average molecular weight is 243 g/mol. The van der Waals surface area contributed by atoms with E-state index in [4.69, 9.17) is 5.73 Å². The molecule has 0 aromatic heterocycles. The summed E-state index contributed by atoms with van der Waals surface area (Å²) in [4.78, 5) is 1.29. The largest absolute Gasteiger partial charge is 0.326 e. The van der Waals surface area contributed by atoms with Gasteiger partial charge in [0.1, 0.15) is 0 Å². The molecule has 2 aromatic carbocycles. The van der Waals surface area contributed by atoms with E-state index >= 15 is 0 Å². The molecule has 0 aliphatic heterocycles. The molecule has 0 spiro atoms. The van der Waals surface area contributed by atoms with Crippen molar-refractivity contribution in [2.75, 3.05) is 0 Å². The van der Waals surface area contributed by atoms with Crippen molar-refractivity contribution in [2.24, 2.45) is 5.73 Å². The lowest BCUT2D eigenvalue weighted by Gasteiger charge is -2.11. The Balaban J connectivity index is 2.05. The first-order valence-electron chi connectivity index (χ1n) is 5.80. The van der Waals surface area contributed by atoms with Crippen LogP contribution in [0.1, 0.15) is 23.3 Å². The number of thioether (sulfide) groups is 1. The molecule has 0 bridgehead atoms. The first-order chi connectivity index (χ1) is 8.29. The van der Waals surface area contributed by atoms with E-state index in [2.05, 4.69) is 61.5 Å². The average Bonchev–Trinajstić information content (AvgIpc) is 2.40. The van der Waals surface area contributed by atoms with Crippen LogP contribution in [0.4, 0.5) is 0 Å². The Morgan fingerprint density at radius 2 is 1.65 bits per heavy atom. The van der Waals surface area contributed by atoms with Gasteiger partial charge in [-0.05, 0) is 30.2 Å².